The lowest BCUT2D eigenvalue weighted by Gasteiger charge is -2.34. The first-order chi connectivity index (χ1) is 8.63. The zero-order valence-corrected chi connectivity index (χ0v) is 11.0. The van der Waals surface area contributed by atoms with E-state index in [4.69, 9.17) is 0 Å². The van der Waals surface area contributed by atoms with E-state index in [0.717, 1.165) is 32.2 Å². The molecule has 2 aliphatic rings. The van der Waals surface area contributed by atoms with Gasteiger partial charge in [0.25, 0.3) is 0 Å². The molecule has 1 N–H and O–H groups in total. The maximum Gasteiger partial charge on any atom is 0.226 e. The zero-order chi connectivity index (χ0) is 13.1. The first kappa shape index (κ1) is 13.3. The van der Waals surface area contributed by atoms with Gasteiger partial charge in [0, 0.05) is 32.5 Å². The minimum absolute atomic E-state index is 0.0170. The van der Waals surface area contributed by atoms with Crippen molar-refractivity contribution in [1.82, 2.24) is 9.80 Å². The second-order valence-corrected chi connectivity index (χ2v) is 5.29. The van der Waals surface area contributed by atoms with Crippen LogP contribution in [-0.2, 0) is 9.59 Å². The molecule has 0 bridgehead atoms. The van der Waals surface area contributed by atoms with Crippen molar-refractivity contribution in [2.24, 2.45) is 5.92 Å². The smallest absolute Gasteiger partial charge is 0.226 e. The van der Waals surface area contributed by atoms with Gasteiger partial charge in [-0.25, -0.2) is 0 Å². The maximum absolute atomic E-state index is 12.4. The van der Waals surface area contributed by atoms with Crippen molar-refractivity contribution in [3.8, 4) is 0 Å². The molecule has 2 amide bonds. The predicted octanol–water partition coefficient (Wildman–Crippen LogP) is 0.228. The highest BCUT2D eigenvalue weighted by molar-refractivity contribution is 5.80. The highest BCUT2D eigenvalue weighted by Gasteiger charge is 2.34. The van der Waals surface area contributed by atoms with Gasteiger partial charge in [-0.3, -0.25) is 9.59 Å². The molecule has 2 heterocycles. The third-order valence-corrected chi connectivity index (χ3v) is 4.16. The molecular formula is C13H22N2O3. The number of piperidine rings is 1. The van der Waals surface area contributed by atoms with Gasteiger partial charge in [0.1, 0.15) is 0 Å². The van der Waals surface area contributed by atoms with E-state index in [1.165, 1.54) is 0 Å². The van der Waals surface area contributed by atoms with Gasteiger partial charge in [0.05, 0.1) is 12.6 Å². The summed E-state index contributed by atoms with van der Waals surface area (Å²) in [5.41, 5.74) is 0. The number of carbonyl (C=O) groups is 2. The fourth-order valence-corrected chi connectivity index (χ4v) is 2.99. The molecule has 0 aliphatic carbocycles. The number of rotatable bonds is 2. The topological polar surface area (TPSA) is 60.9 Å². The summed E-state index contributed by atoms with van der Waals surface area (Å²) in [4.78, 5) is 27.2. The van der Waals surface area contributed by atoms with Crippen molar-refractivity contribution in [3.05, 3.63) is 0 Å². The normalized spacial score (nSPS) is 25.6. The third-order valence-electron chi connectivity index (χ3n) is 4.16. The van der Waals surface area contributed by atoms with E-state index in [9.17, 15) is 14.7 Å². The van der Waals surface area contributed by atoms with Gasteiger partial charge in [0.15, 0.2) is 0 Å². The Kier molecular flexibility index (Phi) is 4.22. The quantitative estimate of drug-likeness (QED) is 0.767. The molecule has 0 unspecified atom stereocenters. The number of likely N-dealkylation sites (tertiary alicyclic amines) is 2. The van der Waals surface area contributed by atoms with Gasteiger partial charge in [-0.2, -0.15) is 0 Å². The number of carbonyl (C=O) groups excluding carboxylic acids is 2. The molecular weight excluding hydrogens is 232 g/mol. The van der Waals surface area contributed by atoms with Gasteiger partial charge < -0.3 is 14.9 Å². The Hall–Kier alpha value is -1.10. The lowest BCUT2D eigenvalue weighted by atomic mass is 9.95. The Bertz CT molecular complexity index is 324. The number of hydrogen-bond donors (Lipinski definition) is 1. The molecule has 2 saturated heterocycles. The summed E-state index contributed by atoms with van der Waals surface area (Å²) in [6.07, 6.45) is 3.41. The Labute approximate surface area is 108 Å². The van der Waals surface area contributed by atoms with Crippen molar-refractivity contribution in [2.45, 2.75) is 38.6 Å². The first-order valence-electron chi connectivity index (χ1n) is 6.80. The van der Waals surface area contributed by atoms with Crippen molar-refractivity contribution >= 4 is 11.8 Å². The average molecular weight is 254 g/mol. The van der Waals surface area contributed by atoms with Gasteiger partial charge >= 0.3 is 0 Å². The third kappa shape index (κ3) is 2.66. The highest BCUT2D eigenvalue weighted by atomic mass is 16.3. The van der Waals surface area contributed by atoms with Crippen LogP contribution in [0.15, 0.2) is 0 Å². The van der Waals surface area contributed by atoms with Gasteiger partial charge in [0.2, 0.25) is 11.8 Å². The fraction of sp³-hybridized carbons (Fsp3) is 0.846. The van der Waals surface area contributed by atoms with Crippen molar-refractivity contribution in [3.63, 3.8) is 0 Å². The molecule has 0 spiro atoms. The summed E-state index contributed by atoms with van der Waals surface area (Å²) >= 11 is 0. The lowest BCUT2D eigenvalue weighted by Crippen LogP contribution is -2.46. The molecule has 102 valence electrons. The highest BCUT2D eigenvalue weighted by Crippen LogP contribution is 2.25. The second kappa shape index (κ2) is 5.69. The molecule has 2 aliphatic heterocycles. The molecule has 0 aromatic heterocycles. The van der Waals surface area contributed by atoms with E-state index in [1.807, 2.05) is 4.90 Å². The van der Waals surface area contributed by atoms with Crippen LogP contribution in [0.2, 0.25) is 0 Å². The summed E-state index contributed by atoms with van der Waals surface area (Å²) in [6.45, 7) is 3.78. The minimum atomic E-state index is 0.0170. The summed E-state index contributed by atoms with van der Waals surface area (Å²) in [7, 11) is 0. The number of hydrogen-bond acceptors (Lipinski definition) is 3. The Morgan fingerprint density at radius 2 is 1.83 bits per heavy atom. The lowest BCUT2D eigenvalue weighted by molar-refractivity contribution is -0.141. The number of nitrogens with zero attached hydrogens (tertiary/aromatic N) is 2. The monoisotopic (exact) mass is 254 g/mol. The molecule has 18 heavy (non-hydrogen) atoms. The van der Waals surface area contributed by atoms with E-state index in [-0.39, 0.29) is 30.4 Å². The van der Waals surface area contributed by atoms with Crippen LogP contribution in [0.5, 0.6) is 0 Å². The van der Waals surface area contributed by atoms with E-state index in [1.54, 1.807) is 11.8 Å². The second-order valence-electron chi connectivity index (χ2n) is 5.29. The summed E-state index contributed by atoms with van der Waals surface area (Å²) < 4.78 is 0. The molecule has 2 fully saturated rings. The molecule has 1 atom stereocenters. The van der Waals surface area contributed by atoms with E-state index in [2.05, 4.69) is 0 Å². The van der Waals surface area contributed by atoms with E-state index >= 15 is 0 Å². The van der Waals surface area contributed by atoms with Crippen molar-refractivity contribution in [1.29, 1.82) is 0 Å². The molecule has 0 aromatic rings. The predicted molar refractivity (Wildman–Crippen MR) is 66.8 cm³/mol. The SMILES string of the molecule is CC(=O)N1CCC(C(=O)N2CCC[C@@H]2CO)CC1. The standard InChI is InChI=1S/C13H22N2O3/c1-10(17)14-7-4-11(5-8-14)13(18)15-6-2-3-12(15)9-16/h11-12,16H,2-9H2,1H3/t12-/m1/s1. The zero-order valence-electron chi connectivity index (χ0n) is 11.0. The van der Waals surface area contributed by atoms with Crippen LogP contribution in [-0.4, -0.2) is 59.0 Å². The molecule has 0 saturated carbocycles. The van der Waals surface area contributed by atoms with Crippen LogP contribution in [0.1, 0.15) is 32.6 Å². The van der Waals surface area contributed by atoms with Crippen LogP contribution < -0.4 is 0 Å². The fourth-order valence-electron chi connectivity index (χ4n) is 2.99. The van der Waals surface area contributed by atoms with Gasteiger partial charge in [-0.05, 0) is 25.7 Å². The van der Waals surface area contributed by atoms with Gasteiger partial charge in [-0.1, -0.05) is 0 Å². The summed E-state index contributed by atoms with van der Waals surface area (Å²) in [6, 6.07) is 0.0170. The van der Waals surface area contributed by atoms with E-state index in [0.29, 0.717) is 13.1 Å². The summed E-state index contributed by atoms with van der Waals surface area (Å²) in [5, 5.41) is 9.25. The maximum atomic E-state index is 12.4. The van der Waals surface area contributed by atoms with Crippen molar-refractivity contribution < 1.29 is 14.7 Å². The number of amides is 2. The van der Waals surface area contributed by atoms with Crippen molar-refractivity contribution in [2.75, 3.05) is 26.2 Å². The number of aliphatic hydroxyl groups is 1. The minimum Gasteiger partial charge on any atom is -0.394 e. The Morgan fingerprint density at radius 3 is 2.39 bits per heavy atom. The van der Waals surface area contributed by atoms with Gasteiger partial charge in [-0.15, -0.1) is 0 Å². The number of aliphatic hydroxyl groups excluding tert-OH is 1. The largest absolute Gasteiger partial charge is 0.394 e. The average Bonchev–Trinajstić information content (AvgIpc) is 2.86. The van der Waals surface area contributed by atoms with Crippen LogP contribution in [0.25, 0.3) is 0 Å². The Morgan fingerprint density at radius 1 is 1.17 bits per heavy atom. The molecule has 2 rings (SSSR count). The van der Waals surface area contributed by atoms with Crippen LogP contribution in [0, 0.1) is 5.92 Å². The van der Waals surface area contributed by atoms with Crippen LogP contribution in [0.3, 0.4) is 0 Å². The molecule has 5 heteroatoms. The Balaban J connectivity index is 1.89. The van der Waals surface area contributed by atoms with E-state index < -0.39 is 0 Å². The molecule has 0 aromatic carbocycles. The van der Waals surface area contributed by atoms with Crippen LogP contribution >= 0.6 is 0 Å². The summed E-state index contributed by atoms with van der Waals surface area (Å²) in [5.74, 6) is 0.304. The molecule has 0 radical (unpaired) electrons. The van der Waals surface area contributed by atoms with Crippen LogP contribution in [0.4, 0.5) is 0 Å². The first-order valence-corrected chi connectivity index (χ1v) is 6.80. The molecule has 5 nitrogen and oxygen atoms in total.